The Bertz CT molecular complexity index is 994. The van der Waals surface area contributed by atoms with Gasteiger partial charge in [0.1, 0.15) is 11.3 Å². The summed E-state index contributed by atoms with van der Waals surface area (Å²) < 4.78 is 5.20. The number of hydrogen-bond acceptors (Lipinski definition) is 4. The largest absolute Gasteiger partial charge is 0.497 e. The highest BCUT2D eigenvalue weighted by molar-refractivity contribution is 6.30. The van der Waals surface area contributed by atoms with E-state index in [2.05, 4.69) is 5.32 Å². The van der Waals surface area contributed by atoms with Crippen molar-refractivity contribution in [3.05, 3.63) is 64.7 Å². The highest BCUT2D eigenvalue weighted by atomic mass is 35.5. The fourth-order valence-corrected chi connectivity index (χ4v) is 4.16. The average Bonchev–Trinajstić information content (AvgIpc) is 2.98. The number of benzene rings is 2. The first-order valence-corrected chi connectivity index (χ1v) is 10.1. The van der Waals surface area contributed by atoms with Crippen molar-refractivity contribution in [1.82, 2.24) is 15.1 Å². The Hall–Kier alpha value is -3.06. The van der Waals surface area contributed by atoms with E-state index in [0.717, 1.165) is 5.56 Å². The van der Waals surface area contributed by atoms with Crippen LogP contribution in [0.3, 0.4) is 0 Å². The molecule has 2 aromatic rings. The molecule has 2 aliphatic rings. The summed E-state index contributed by atoms with van der Waals surface area (Å²) in [6, 6.07) is 13.5. The third-order valence-electron chi connectivity index (χ3n) is 5.60. The van der Waals surface area contributed by atoms with Gasteiger partial charge in [-0.05, 0) is 48.7 Å². The number of carbonyl (C=O) groups is 3. The quantitative estimate of drug-likeness (QED) is 0.760. The van der Waals surface area contributed by atoms with Gasteiger partial charge in [0.05, 0.1) is 20.2 Å². The number of nitrogens with zero attached hydrogens (tertiary/aromatic N) is 2. The predicted octanol–water partition coefficient (Wildman–Crippen LogP) is 3.08. The van der Waals surface area contributed by atoms with Crippen molar-refractivity contribution < 1.29 is 19.1 Å². The van der Waals surface area contributed by atoms with Gasteiger partial charge in [0.15, 0.2) is 0 Å². The van der Waals surface area contributed by atoms with E-state index in [1.54, 1.807) is 60.5 Å². The molecule has 1 atom stereocenters. The highest BCUT2D eigenvalue weighted by Crippen LogP contribution is 2.30. The monoisotopic (exact) mass is 427 g/mol. The van der Waals surface area contributed by atoms with Crippen LogP contribution in [-0.2, 0) is 11.3 Å². The summed E-state index contributed by atoms with van der Waals surface area (Å²) in [5, 5.41) is 3.44. The normalized spacial score (nSPS) is 21.1. The molecule has 4 rings (SSSR count). The van der Waals surface area contributed by atoms with E-state index >= 15 is 0 Å². The zero-order chi connectivity index (χ0) is 21.3. The van der Waals surface area contributed by atoms with Crippen molar-refractivity contribution in [2.75, 3.05) is 20.2 Å². The topological polar surface area (TPSA) is 79.0 Å². The molecule has 0 bridgehead atoms. The van der Waals surface area contributed by atoms with Crippen molar-refractivity contribution in [3.8, 4) is 5.75 Å². The van der Waals surface area contributed by atoms with Gasteiger partial charge >= 0.3 is 6.03 Å². The van der Waals surface area contributed by atoms with E-state index in [0.29, 0.717) is 35.7 Å². The molecule has 2 aliphatic heterocycles. The van der Waals surface area contributed by atoms with Gasteiger partial charge in [0.2, 0.25) is 0 Å². The van der Waals surface area contributed by atoms with Crippen LogP contribution in [0.4, 0.5) is 4.79 Å². The summed E-state index contributed by atoms with van der Waals surface area (Å²) in [4.78, 5) is 41.7. The molecule has 0 unspecified atom stereocenters. The van der Waals surface area contributed by atoms with Gasteiger partial charge in [-0.2, -0.15) is 0 Å². The molecule has 0 radical (unpaired) electrons. The summed E-state index contributed by atoms with van der Waals surface area (Å²) >= 11 is 5.91. The standard InChI is InChI=1S/C22H22ClN3O4/c1-30-18-5-2-4-16(12-18)19(27)25-11-3-10-22(14-25)20(28)26(21(29)24-22)13-15-6-8-17(23)9-7-15/h2,4-9,12H,3,10-11,13-14H2,1H3,(H,24,29)/t22-/m0/s1. The third kappa shape index (κ3) is 3.73. The minimum Gasteiger partial charge on any atom is -0.497 e. The SMILES string of the molecule is COc1cccc(C(=O)N2CCC[C@@]3(C2)NC(=O)N(Cc2ccc(Cl)cc2)C3=O)c1. The molecule has 2 heterocycles. The minimum atomic E-state index is -1.09. The average molecular weight is 428 g/mol. The van der Waals surface area contributed by atoms with Crippen LogP contribution in [0.15, 0.2) is 48.5 Å². The van der Waals surface area contributed by atoms with Crippen molar-refractivity contribution >= 4 is 29.4 Å². The van der Waals surface area contributed by atoms with Crippen LogP contribution in [-0.4, -0.2) is 53.4 Å². The Morgan fingerprint density at radius 1 is 1.20 bits per heavy atom. The van der Waals surface area contributed by atoms with Gasteiger partial charge in [-0.1, -0.05) is 29.8 Å². The second-order valence-corrected chi connectivity index (χ2v) is 8.03. The summed E-state index contributed by atoms with van der Waals surface area (Å²) in [7, 11) is 1.54. The smallest absolute Gasteiger partial charge is 0.325 e. The van der Waals surface area contributed by atoms with E-state index in [1.165, 1.54) is 4.90 Å². The molecule has 2 saturated heterocycles. The maximum atomic E-state index is 13.2. The summed E-state index contributed by atoms with van der Waals surface area (Å²) in [5.74, 6) is 0.101. The number of rotatable bonds is 4. The molecular weight excluding hydrogens is 406 g/mol. The van der Waals surface area contributed by atoms with E-state index in [4.69, 9.17) is 16.3 Å². The predicted molar refractivity (Wildman–Crippen MR) is 111 cm³/mol. The molecule has 2 fully saturated rings. The third-order valence-corrected chi connectivity index (χ3v) is 5.85. The van der Waals surface area contributed by atoms with E-state index < -0.39 is 11.6 Å². The number of urea groups is 1. The van der Waals surface area contributed by atoms with E-state index in [9.17, 15) is 14.4 Å². The van der Waals surface area contributed by atoms with Gasteiger partial charge in [-0.3, -0.25) is 14.5 Å². The van der Waals surface area contributed by atoms with Crippen LogP contribution in [0.1, 0.15) is 28.8 Å². The first-order valence-electron chi connectivity index (χ1n) is 9.74. The number of ether oxygens (including phenoxy) is 1. The molecule has 30 heavy (non-hydrogen) atoms. The zero-order valence-corrected chi connectivity index (χ0v) is 17.3. The maximum absolute atomic E-state index is 13.2. The summed E-state index contributed by atoms with van der Waals surface area (Å²) in [6.07, 6.45) is 1.12. The second-order valence-electron chi connectivity index (χ2n) is 7.59. The fourth-order valence-electron chi connectivity index (χ4n) is 4.04. The highest BCUT2D eigenvalue weighted by Gasteiger charge is 2.53. The molecule has 2 aromatic carbocycles. The first kappa shape index (κ1) is 20.2. The molecule has 0 aromatic heterocycles. The Morgan fingerprint density at radius 2 is 1.97 bits per heavy atom. The number of piperidine rings is 1. The van der Waals surface area contributed by atoms with Crippen molar-refractivity contribution in [2.24, 2.45) is 0 Å². The van der Waals surface area contributed by atoms with Crippen molar-refractivity contribution in [3.63, 3.8) is 0 Å². The molecule has 0 saturated carbocycles. The lowest BCUT2D eigenvalue weighted by Gasteiger charge is -2.38. The van der Waals surface area contributed by atoms with Crippen LogP contribution in [0.25, 0.3) is 0 Å². The molecular formula is C22H22ClN3O4. The maximum Gasteiger partial charge on any atom is 0.325 e. The molecule has 1 spiro atoms. The van der Waals surface area contributed by atoms with Crippen LogP contribution >= 0.6 is 11.6 Å². The lowest BCUT2D eigenvalue weighted by atomic mass is 9.88. The van der Waals surface area contributed by atoms with E-state index in [-0.39, 0.29) is 24.9 Å². The van der Waals surface area contributed by atoms with Gasteiger partial charge in [-0.15, -0.1) is 0 Å². The number of imide groups is 1. The van der Waals surface area contributed by atoms with Gasteiger partial charge in [-0.25, -0.2) is 4.79 Å². The molecule has 156 valence electrons. The summed E-state index contributed by atoms with van der Waals surface area (Å²) in [6.45, 7) is 0.830. The van der Waals surface area contributed by atoms with Crippen molar-refractivity contribution in [1.29, 1.82) is 0 Å². The Morgan fingerprint density at radius 3 is 2.70 bits per heavy atom. The van der Waals surface area contributed by atoms with Crippen LogP contribution in [0.2, 0.25) is 5.02 Å². The number of likely N-dealkylation sites (tertiary alicyclic amines) is 1. The molecule has 0 aliphatic carbocycles. The number of nitrogens with one attached hydrogen (secondary N) is 1. The lowest BCUT2D eigenvalue weighted by Crippen LogP contribution is -2.59. The van der Waals surface area contributed by atoms with Crippen LogP contribution in [0, 0.1) is 0 Å². The summed E-state index contributed by atoms with van der Waals surface area (Å²) in [5.41, 5.74) is 0.206. The Kier molecular flexibility index (Phi) is 5.39. The number of halogens is 1. The Labute approximate surface area is 179 Å². The fraction of sp³-hybridized carbons (Fsp3) is 0.318. The Balaban J connectivity index is 1.52. The molecule has 8 heteroatoms. The minimum absolute atomic E-state index is 0.144. The van der Waals surface area contributed by atoms with Crippen molar-refractivity contribution in [2.45, 2.75) is 24.9 Å². The van der Waals surface area contributed by atoms with Gasteiger partial charge in [0, 0.05) is 17.1 Å². The van der Waals surface area contributed by atoms with Crippen LogP contribution in [0.5, 0.6) is 5.75 Å². The van der Waals surface area contributed by atoms with Crippen LogP contribution < -0.4 is 10.1 Å². The number of carbonyl (C=O) groups excluding carboxylic acids is 3. The number of amides is 4. The first-order chi connectivity index (χ1) is 14.4. The van der Waals surface area contributed by atoms with Gasteiger partial charge in [0.25, 0.3) is 11.8 Å². The molecule has 4 amide bonds. The zero-order valence-electron chi connectivity index (χ0n) is 16.6. The molecule has 1 N–H and O–H groups in total. The van der Waals surface area contributed by atoms with Gasteiger partial charge < -0.3 is 15.0 Å². The second kappa shape index (κ2) is 7.99. The number of hydrogen-bond donors (Lipinski definition) is 1. The molecule has 7 nitrogen and oxygen atoms in total. The number of methoxy groups -OCH3 is 1. The van der Waals surface area contributed by atoms with E-state index in [1.807, 2.05) is 0 Å². The lowest BCUT2D eigenvalue weighted by molar-refractivity contribution is -0.133.